The van der Waals surface area contributed by atoms with Crippen molar-refractivity contribution in [3.8, 4) is 0 Å². The van der Waals surface area contributed by atoms with Crippen molar-refractivity contribution in [3.63, 3.8) is 0 Å². The van der Waals surface area contributed by atoms with Gasteiger partial charge in [0.1, 0.15) is 6.33 Å². The van der Waals surface area contributed by atoms with Crippen LogP contribution in [0, 0.1) is 0 Å². The Kier molecular flexibility index (Phi) is 6.14. The average Bonchev–Trinajstić information content (AvgIpc) is 2.34. The molecule has 3 nitrogen and oxygen atoms in total. The summed E-state index contributed by atoms with van der Waals surface area (Å²) < 4.78 is 6.50. The fourth-order valence-corrected chi connectivity index (χ4v) is 8.75. The number of rotatable bonds is 7. The molecule has 0 unspecified atom stereocenters. The van der Waals surface area contributed by atoms with Crippen molar-refractivity contribution in [3.05, 3.63) is 24.3 Å². The molecule has 0 saturated heterocycles. The predicted octanol–water partition coefficient (Wildman–Crippen LogP) is 4.21. The molecule has 0 spiro atoms. The van der Waals surface area contributed by atoms with Crippen molar-refractivity contribution in [1.82, 2.24) is 9.97 Å². The van der Waals surface area contributed by atoms with Gasteiger partial charge in [0.2, 0.25) is 0 Å². The summed E-state index contributed by atoms with van der Waals surface area (Å²) in [5.41, 5.74) is 2.97. The molecule has 0 radical (unpaired) electrons. The van der Waals surface area contributed by atoms with Crippen molar-refractivity contribution >= 4 is 8.32 Å². The molecule has 0 aliphatic rings. The highest BCUT2D eigenvalue weighted by molar-refractivity contribution is 6.77. The molecule has 1 aromatic rings. The third-order valence-electron chi connectivity index (χ3n) is 4.06. The van der Waals surface area contributed by atoms with Gasteiger partial charge in [-0.2, -0.15) is 0 Å². The lowest BCUT2D eigenvalue weighted by molar-refractivity contribution is 0.280. The molecule has 19 heavy (non-hydrogen) atoms. The highest BCUT2D eigenvalue weighted by Crippen LogP contribution is 2.42. The van der Waals surface area contributed by atoms with Crippen LogP contribution in [0.2, 0.25) is 16.6 Å². The molecule has 108 valence electrons. The van der Waals surface area contributed by atoms with E-state index in [1.807, 2.05) is 6.07 Å². The minimum Gasteiger partial charge on any atom is -0.416 e. The topological polar surface area (TPSA) is 35.0 Å². The van der Waals surface area contributed by atoms with Gasteiger partial charge in [0, 0.05) is 24.9 Å². The normalized spacial score (nSPS) is 12.7. The van der Waals surface area contributed by atoms with Gasteiger partial charge in [-0.1, -0.05) is 41.5 Å². The maximum atomic E-state index is 6.50. The number of aromatic nitrogens is 2. The first kappa shape index (κ1) is 16.3. The minimum atomic E-state index is -1.72. The molecular weight excluding hydrogens is 252 g/mol. The smallest absolute Gasteiger partial charge is 0.200 e. The Labute approximate surface area is 119 Å². The second-order valence-corrected chi connectivity index (χ2v) is 11.6. The quantitative estimate of drug-likeness (QED) is 0.702. The Hall–Kier alpha value is -0.743. The highest BCUT2D eigenvalue weighted by atomic mass is 28.4. The molecule has 0 saturated carbocycles. The third kappa shape index (κ3) is 3.86. The first-order valence-electron chi connectivity index (χ1n) is 7.30. The van der Waals surface area contributed by atoms with Gasteiger partial charge >= 0.3 is 0 Å². The summed E-state index contributed by atoms with van der Waals surface area (Å²) >= 11 is 0. The average molecular weight is 280 g/mol. The second-order valence-electron chi connectivity index (χ2n) is 6.12. The maximum Gasteiger partial charge on any atom is 0.200 e. The minimum absolute atomic E-state index is 0.637. The monoisotopic (exact) mass is 280 g/mol. The number of nitrogens with zero attached hydrogens (tertiary/aromatic N) is 2. The number of hydrogen-bond donors (Lipinski definition) is 0. The van der Waals surface area contributed by atoms with Crippen LogP contribution in [0.1, 0.15) is 47.2 Å². The van der Waals surface area contributed by atoms with E-state index in [2.05, 4.69) is 51.5 Å². The van der Waals surface area contributed by atoms with Gasteiger partial charge in [0.25, 0.3) is 0 Å². The zero-order valence-corrected chi connectivity index (χ0v) is 14.2. The summed E-state index contributed by atoms with van der Waals surface area (Å²) in [6.45, 7) is 14.7. The first-order chi connectivity index (χ1) is 8.91. The molecule has 0 atom stereocenters. The van der Waals surface area contributed by atoms with Gasteiger partial charge < -0.3 is 4.43 Å². The van der Waals surface area contributed by atoms with E-state index >= 15 is 0 Å². The summed E-state index contributed by atoms with van der Waals surface area (Å²) in [6.07, 6.45) is 4.27. The molecule has 0 aliphatic carbocycles. The van der Waals surface area contributed by atoms with E-state index in [1.165, 1.54) is 0 Å². The van der Waals surface area contributed by atoms with E-state index in [1.54, 1.807) is 12.5 Å². The summed E-state index contributed by atoms with van der Waals surface area (Å²) in [6, 6.07) is 1.96. The summed E-state index contributed by atoms with van der Waals surface area (Å²) in [5, 5.41) is 0. The SMILES string of the molecule is CC(C)[Si](OCCc1ccncn1)(C(C)C)C(C)C. The van der Waals surface area contributed by atoms with Crippen molar-refractivity contribution in [2.45, 2.75) is 64.6 Å². The molecule has 0 N–H and O–H groups in total. The van der Waals surface area contributed by atoms with Crippen molar-refractivity contribution in [2.75, 3.05) is 6.61 Å². The number of hydrogen-bond acceptors (Lipinski definition) is 3. The van der Waals surface area contributed by atoms with Crippen LogP contribution in [0.4, 0.5) is 0 Å². The molecule has 1 heterocycles. The van der Waals surface area contributed by atoms with Gasteiger partial charge in [-0.05, 0) is 22.7 Å². The summed E-state index contributed by atoms with van der Waals surface area (Å²) in [4.78, 5) is 8.20. The van der Waals surface area contributed by atoms with Crippen molar-refractivity contribution in [1.29, 1.82) is 0 Å². The Morgan fingerprint density at radius 3 is 2.05 bits per heavy atom. The Bertz CT molecular complexity index is 344. The van der Waals surface area contributed by atoms with Crippen LogP contribution in [0.3, 0.4) is 0 Å². The van der Waals surface area contributed by atoms with Crippen LogP contribution in [-0.4, -0.2) is 24.9 Å². The van der Waals surface area contributed by atoms with Crippen molar-refractivity contribution in [2.24, 2.45) is 0 Å². The van der Waals surface area contributed by atoms with Gasteiger partial charge in [-0.15, -0.1) is 0 Å². The van der Waals surface area contributed by atoms with E-state index in [0.717, 1.165) is 18.7 Å². The first-order valence-corrected chi connectivity index (χ1v) is 9.44. The standard InChI is InChI=1S/C15H28N2OSi/c1-12(2)19(13(3)4,14(5)6)18-10-8-15-7-9-16-11-17-15/h7,9,11-14H,8,10H2,1-6H3. The molecule has 0 fully saturated rings. The van der Waals surface area contributed by atoms with E-state index in [-0.39, 0.29) is 0 Å². The van der Waals surface area contributed by atoms with Gasteiger partial charge in [0.05, 0.1) is 0 Å². The van der Waals surface area contributed by atoms with E-state index in [0.29, 0.717) is 16.6 Å². The van der Waals surface area contributed by atoms with Crippen LogP contribution >= 0.6 is 0 Å². The maximum absolute atomic E-state index is 6.50. The lowest BCUT2D eigenvalue weighted by Crippen LogP contribution is -2.48. The predicted molar refractivity (Wildman–Crippen MR) is 82.7 cm³/mol. The molecule has 1 aromatic heterocycles. The van der Waals surface area contributed by atoms with E-state index in [9.17, 15) is 0 Å². The molecule has 0 aromatic carbocycles. The van der Waals surface area contributed by atoms with Gasteiger partial charge in [-0.3, -0.25) is 0 Å². The summed E-state index contributed by atoms with van der Waals surface area (Å²) in [7, 11) is -1.72. The Balaban J connectivity index is 2.69. The summed E-state index contributed by atoms with van der Waals surface area (Å²) in [5.74, 6) is 0. The van der Waals surface area contributed by atoms with Crippen LogP contribution in [0.25, 0.3) is 0 Å². The van der Waals surface area contributed by atoms with Crippen LogP contribution < -0.4 is 0 Å². The highest BCUT2D eigenvalue weighted by Gasteiger charge is 2.44. The molecular formula is C15H28N2OSi. The van der Waals surface area contributed by atoms with E-state index in [4.69, 9.17) is 4.43 Å². The largest absolute Gasteiger partial charge is 0.416 e. The molecule has 0 bridgehead atoms. The lowest BCUT2D eigenvalue weighted by atomic mass is 10.3. The zero-order valence-electron chi connectivity index (χ0n) is 13.2. The Morgan fingerprint density at radius 2 is 1.63 bits per heavy atom. The van der Waals surface area contributed by atoms with E-state index < -0.39 is 8.32 Å². The second kappa shape index (κ2) is 7.15. The zero-order chi connectivity index (χ0) is 14.5. The molecule has 0 amide bonds. The fraction of sp³-hybridized carbons (Fsp3) is 0.733. The van der Waals surface area contributed by atoms with Gasteiger partial charge in [0.15, 0.2) is 8.32 Å². The molecule has 4 heteroatoms. The Morgan fingerprint density at radius 1 is 1.05 bits per heavy atom. The van der Waals surface area contributed by atoms with Crippen molar-refractivity contribution < 1.29 is 4.43 Å². The van der Waals surface area contributed by atoms with Crippen LogP contribution in [0.5, 0.6) is 0 Å². The molecule has 1 rings (SSSR count). The van der Waals surface area contributed by atoms with Crippen LogP contribution in [0.15, 0.2) is 18.6 Å². The third-order valence-corrected chi connectivity index (χ3v) is 10.2. The van der Waals surface area contributed by atoms with Gasteiger partial charge in [-0.25, -0.2) is 9.97 Å². The van der Waals surface area contributed by atoms with Crippen LogP contribution in [-0.2, 0) is 10.8 Å². The fourth-order valence-electron chi connectivity index (χ4n) is 3.30. The lowest BCUT2D eigenvalue weighted by Gasteiger charge is -2.42. The molecule has 0 aliphatic heterocycles.